The minimum Gasteiger partial charge on any atom is -0.507 e. The summed E-state index contributed by atoms with van der Waals surface area (Å²) in [5, 5.41) is 14.3. The van der Waals surface area contributed by atoms with E-state index < -0.39 is 0 Å². The number of unbranched alkanes of at least 4 members (excludes halogenated alkanes) is 2. The van der Waals surface area contributed by atoms with Crippen LogP contribution < -0.4 is 5.32 Å². The molecule has 0 bridgehead atoms. The molecule has 0 radical (unpaired) electrons. The van der Waals surface area contributed by atoms with Crippen molar-refractivity contribution < 1.29 is 9.90 Å². The van der Waals surface area contributed by atoms with Crippen molar-refractivity contribution in [2.75, 3.05) is 5.32 Å². The van der Waals surface area contributed by atoms with E-state index in [-0.39, 0.29) is 11.7 Å². The first-order valence-electron chi connectivity index (χ1n) is 6.73. The zero-order chi connectivity index (χ0) is 13.7. The van der Waals surface area contributed by atoms with Gasteiger partial charge in [-0.2, -0.15) is 0 Å². The molecule has 0 unspecified atom stereocenters. The van der Waals surface area contributed by atoms with Crippen molar-refractivity contribution in [1.29, 1.82) is 0 Å². The maximum absolute atomic E-state index is 11.8. The van der Waals surface area contributed by atoms with E-state index in [4.69, 9.17) is 0 Å². The lowest BCUT2D eigenvalue weighted by atomic mass is 10.1. The van der Waals surface area contributed by atoms with Gasteiger partial charge in [-0.25, -0.2) is 0 Å². The molecule has 2 N–H and O–H groups in total. The number of benzene rings is 2. The molecule has 3 nitrogen and oxygen atoms in total. The van der Waals surface area contributed by atoms with Gasteiger partial charge in [0, 0.05) is 22.9 Å². The van der Waals surface area contributed by atoms with Crippen molar-refractivity contribution >= 4 is 22.4 Å². The highest BCUT2D eigenvalue weighted by molar-refractivity contribution is 6.03. The smallest absolute Gasteiger partial charge is 0.224 e. The van der Waals surface area contributed by atoms with Gasteiger partial charge in [-0.1, -0.05) is 44.0 Å². The lowest BCUT2D eigenvalue weighted by Crippen LogP contribution is -2.11. The van der Waals surface area contributed by atoms with E-state index in [1.54, 1.807) is 12.1 Å². The number of hydrogen-bond acceptors (Lipinski definition) is 2. The van der Waals surface area contributed by atoms with E-state index in [0.29, 0.717) is 6.42 Å². The van der Waals surface area contributed by atoms with Crippen LogP contribution in [0, 0.1) is 0 Å². The second kappa shape index (κ2) is 6.23. The molecule has 1 amide bonds. The number of rotatable bonds is 5. The minimum atomic E-state index is 0.0318. The number of phenolic OH excluding ortho intramolecular Hbond substituents is 1. The molecule has 0 spiro atoms. The Balaban J connectivity index is 2.17. The van der Waals surface area contributed by atoms with Crippen molar-refractivity contribution in [2.24, 2.45) is 0 Å². The summed E-state index contributed by atoms with van der Waals surface area (Å²) >= 11 is 0. The average molecular weight is 257 g/mol. The van der Waals surface area contributed by atoms with Gasteiger partial charge in [-0.15, -0.1) is 0 Å². The largest absolute Gasteiger partial charge is 0.507 e. The van der Waals surface area contributed by atoms with Gasteiger partial charge in [-0.3, -0.25) is 4.79 Å². The first-order chi connectivity index (χ1) is 9.22. The fraction of sp³-hybridized carbons (Fsp3) is 0.312. The molecule has 0 aliphatic rings. The molecular weight excluding hydrogens is 238 g/mol. The van der Waals surface area contributed by atoms with Crippen LogP contribution in [0.5, 0.6) is 5.75 Å². The van der Waals surface area contributed by atoms with Crippen molar-refractivity contribution in [3.8, 4) is 5.75 Å². The summed E-state index contributed by atoms with van der Waals surface area (Å²) in [7, 11) is 0. The fourth-order valence-corrected chi connectivity index (χ4v) is 2.15. The molecule has 2 rings (SSSR count). The summed E-state index contributed by atoms with van der Waals surface area (Å²) < 4.78 is 0. The highest BCUT2D eigenvalue weighted by Crippen LogP contribution is 2.29. The van der Waals surface area contributed by atoms with E-state index in [2.05, 4.69) is 12.2 Å². The molecule has 0 atom stereocenters. The van der Waals surface area contributed by atoms with E-state index >= 15 is 0 Å². The Hall–Kier alpha value is -2.03. The topological polar surface area (TPSA) is 49.3 Å². The number of hydrogen-bond donors (Lipinski definition) is 2. The first-order valence-corrected chi connectivity index (χ1v) is 6.73. The van der Waals surface area contributed by atoms with Gasteiger partial charge in [0.1, 0.15) is 5.75 Å². The first kappa shape index (κ1) is 13.4. The van der Waals surface area contributed by atoms with Crippen molar-refractivity contribution in [2.45, 2.75) is 32.6 Å². The van der Waals surface area contributed by atoms with Gasteiger partial charge in [0.2, 0.25) is 5.91 Å². The summed E-state index contributed by atoms with van der Waals surface area (Å²) in [6.45, 7) is 2.12. The highest BCUT2D eigenvalue weighted by Gasteiger charge is 2.07. The third kappa shape index (κ3) is 3.25. The van der Waals surface area contributed by atoms with Crippen LogP contribution in [0.1, 0.15) is 32.6 Å². The Kier molecular flexibility index (Phi) is 4.39. The third-order valence-corrected chi connectivity index (χ3v) is 3.18. The zero-order valence-corrected chi connectivity index (χ0v) is 11.1. The monoisotopic (exact) mass is 257 g/mol. The number of fused-ring (bicyclic) bond motifs is 1. The number of aromatic hydroxyl groups is 1. The molecule has 3 heteroatoms. The van der Waals surface area contributed by atoms with Crippen LogP contribution in [0.4, 0.5) is 5.69 Å². The predicted molar refractivity (Wildman–Crippen MR) is 78.4 cm³/mol. The summed E-state index contributed by atoms with van der Waals surface area (Å²) in [6, 6.07) is 10.9. The molecule has 2 aromatic carbocycles. The summed E-state index contributed by atoms with van der Waals surface area (Å²) in [5.41, 5.74) is 0.759. The van der Waals surface area contributed by atoms with Crippen LogP contribution in [0.2, 0.25) is 0 Å². The second-order valence-electron chi connectivity index (χ2n) is 4.68. The number of carbonyl (C=O) groups excluding carboxylic acids is 1. The van der Waals surface area contributed by atoms with Crippen LogP contribution in [0.15, 0.2) is 36.4 Å². The van der Waals surface area contributed by atoms with Crippen molar-refractivity contribution in [1.82, 2.24) is 0 Å². The minimum absolute atomic E-state index is 0.0318. The van der Waals surface area contributed by atoms with Crippen LogP contribution >= 0.6 is 0 Å². The molecule has 0 saturated heterocycles. The predicted octanol–water partition coefficient (Wildman–Crippen LogP) is 4.06. The highest BCUT2D eigenvalue weighted by atomic mass is 16.3. The fourth-order valence-electron chi connectivity index (χ4n) is 2.15. The van der Waals surface area contributed by atoms with Gasteiger partial charge in [0.05, 0.1) is 0 Å². The molecule has 0 heterocycles. The van der Waals surface area contributed by atoms with Gasteiger partial charge < -0.3 is 10.4 Å². The summed E-state index contributed by atoms with van der Waals surface area (Å²) in [5.74, 6) is 0.267. The van der Waals surface area contributed by atoms with Gasteiger partial charge in [0.15, 0.2) is 0 Å². The summed E-state index contributed by atoms with van der Waals surface area (Å²) in [4.78, 5) is 11.8. The zero-order valence-electron chi connectivity index (χ0n) is 11.1. The molecule has 0 aromatic heterocycles. The number of phenols is 1. The summed E-state index contributed by atoms with van der Waals surface area (Å²) in [6.07, 6.45) is 3.64. The Labute approximate surface area is 113 Å². The second-order valence-corrected chi connectivity index (χ2v) is 4.68. The number of anilines is 1. The third-order valence-electron chi connectivity index (χ3n) is 3.18. The molecule has 19 heavy (non-hydrogen) atoms. The molecule has 0 aliphatic carbocycles. The quantitative estimate of drug-likeness (QED) is 0.793. The molecule has 0 saturated carbocycles. The lowest BCUT2D eigenvalue weighted by molar-refractivity contribution is -0.116. The maximum atomic E-state index is 11.8. The van der Waals surface area contributed by atoms with Crippen molar-refractivity contribution in [3.05, 3.63) is 36.4 Å². The van der Waals surface area contributed by atoms with E-state index in [9.17, 15) is 9.90 Å². The van der Waals surface area contributed by atoms with Crippen LogP contribution in [-0.4, -0.2) is 11.0 Å². The van der Waals surface area contributed by atoms with E-state index in [0.717, 1.165) is 35.7 Å². The molecule has 0 aliphatic heterocycles. The normalized spacial score (nSPS) is 10.6. The van der Waals surface area contributed by atoms with Crippen molar-refractivity contribution in [3.63, 3.8) is 0 Å². The Morgan fingerprint density at radius 2 is 1.84 bits per heavy atom. The van der Waals surface area contributed by atoms with E-state index in [1.165, 1.54) is 0 Å². The van der Waals surface area contributed by atoms with Crippen LogP contribution in [0.3, 0.4) is 0 Å². The Morgan fingerprint density at radius 3 is 2.63 bits per heavy atom. The number of nitrogens with one attached hydrogen (secondary N) is 1. The van der Waals surface area contributed by atoms with Gasteiger partial charge >= 0.3 is 0 Å². The average Bonchev–Trinajstić information content (AvgIpc) is 2.40. The Morgan fingerprint density at radius 1 is 1.11 bits per heavy atom. The van der Waals surface area contributed by atoms with Gasteiger partial charge in [-0.05, 0) is 18.6 Å². The lowest BCUT2D eigenvalue weighted by Gasteiger charge is -2.09. The molecule has 0 fully saturated rings. The molecule has 2 aromatic rings. The van der Waals surface area contributed by atoms with Gasteiger partial charge in [0.25, 0.3) is 0 Å². The maximum Gasteiger partial charge on any atom is 0.224 e. The number of carbonyl (C=O) groups is 1. The number of amides is 1. The molecular formula is C16H19NO2. The van der Waals surface area contributed by atoms with Crippen LogP contribution in [-0.2, 0) is 4.79 Å². The van der Waals surface area contributed by atoms with Crippen LogP contribution in [0.25, 0.3) is 10.8 Å². The van der Waals surface area contributed by atoms with E-state index in [1.807, 2.05) is 24.3 Å². The SMILES string of the molecule is CCCCCC(=O)Nc1cccc2c(O)cccc12. The Bertz CT molecular complexity index is 578. The standard InChI is InChI=1S/C16H19NO2/c1-2-3-4-11-16(19)17-14-9-5-8-13-12(14)7-6-10-15(13)18/h5-10,18H,2-4,11H2,1H3,(H,17,19). The molecule has 100 valence electrons.